The minimum atomic E-state index is -0.140. The molecule has 120 valence electrons. The second-order valence-electron chi connectivity index (χ2n) is 5.42. The zero-order chi connectivity index (χ0) is 15.9. The third kappa shape index (κ3) is 5.22. The molecule has 1 fully saturated rings. The summed E-state index contributed by atoms with van der Waals surface area (Å²) in [7, 11) is 0. The number of carbonyl (C=O) groups excluding carboxylic acids is 2. The van der Waals surface area contributed by atoms with Crippen LogP contribution >= 0.6 is 11.6 Å². The summed E-state index contributed by atoms with van der Waals surface area (Å²) >= 11 is 5.81. The molecule has 0 bridgehead atoms. The molecule has 0 aromatic heterocycles. The first-order valence-electron chi connectivity index (χ1n) is 7.51. The molecule has 0 aliphatic carbocycles. The molecule has 1 atom stereocenters. The Balaban J connectivity index is 1.64. The smallest absolute Gasteiger partial charge is 0.222 e. The van der Waals surface area contributed by atoms with Gasteiger partial charge in [0.2, 0.25) is 11.8 Å². The number of ether oxygens (including phenoxy) is 1. The summed E-state index contributed by atoms with van der Waals surface area (Å²) in [4.78, 5) is 25.0. The van der Waals surface area contributed by atoms with E-state index in [2.05, 4.69) is 5.32 Å². The largest absolute Gasteiger partial charge is 0.489 e. The van der Waals surface area contributed by atoms with Crippen LogP contribution in [0.2, 0.25) is 5.02 Å². The van der Waals surface area contributed by atoms with Crippen LogP contribution in [0.25, 0.3) is 0 Å². The van der Waals surface area contributed by atoms with E-state index in [4.69, 9.17) is 16.3 Å². The van der Waals surface area contributed by atoms with Gasteiger partial charge < -0.3 is 15.0 Å². The van der Waals surface area contributed by atoms with Crippen LogP contribution in [-0.4, -0.2) is 42.5 Å². The van der Waals surface area contributed by atoms with Gasteiger partial charge >= 0.3 is 0 Å². The lowest BCUT2D eigenvalue weighted by molar-refractivity contribution is -0.128. The van der Waals surface area contributed by atoms with E-state index in [1.807, 2.05) is 6.92 Å². The van der Waals surface area contributed by atoms with E-state index in [1.54, 1.807) is 29.2 Å². The van der Waals surface area contributed by atoms with Gasteiger partial charge in [0, 0.05) is 31.0 Å². The fourth-order valence-electron chi connectivity index (χ4n) is 2.31. The topological polar surface area (TPSA) is 58.6 Å². The van der Waals surface area contributed by atoms with Crippen LogP contribution in [0.4, 0.5) is 0 Å². The summed E-state index contributed by atoms with van der Waals surface area (Å²) < 4.78 is 5.68. The first-order valence-corrected chi connectivity index (χ1v) is 7.89. The van der Waals surface area contributed by atoms with Gasteiger partial charge in [0.25, 0.3) is 0 Å². The van der Waals surface area contributed by atoms with Gasteiger partial charge in [0.1, 0.15) is 11.9 Å². The number of amides is 2. The second-order valence-corrected chi connectivity index (χ2v) is 5.86. The molecule has 2 amide bonds. The standard InChI is InChI=1S/C16H21ClN2O3/c1-12(22-14-6-4-13(17)5-7-14)11-18-15(20)8-10-19-9-2-3-16(19)21/h4-7,12H,2-3,8-11H2,1H3,(H,18,20)/t12-/m1/s1. The molecule has 1 aromatic rings. The highest BCUT2D eigenvalue weighted by molar-refractivity contribution is 6.30. The molecule has 1 saturated heterocycles. The van der Waals surface area contributed by atoms with E-state index in [-0.39, 0.29) is 17.9 Å². The average Bonchev–Trinajstić information content (AvgIpc) is 2.91. The van der Waals surface area contributed by atoms with Crippen molar-refractivity contribution in [1.82, 2.24) is 10.2 Å². The van der Waals surface area contributed by atoms with Crippen molar-refractivity contribution in [3.8, 4) is 5.75 Å². The quantitative estimate of drug-likeness (QED) is 0.836. The molecule has 6 heteroatoms. The number of halogens is 1. The Hall–Kier alpha value is -1.75. The van der Waals surface area contributed by atoms with Gasteiger partial charge in [0.05, 0.1) is 6.54 Å². The molecule has 0 saturated carbocycles. The van der Waals surface area contributed by atoms with Crippen LogP contribution in [0.1, 0.15) is 26.2 Å². The summed E-state index contributed by atoms with van der Waals surface area (Å²) in [5, 5.41) is 3.48. The molecule has 0 unspecified atom stereocenters. The summed E-state index contributed by atoms with van der Waals surface area (Å²) in [5.74, 6) is 0.798. The van der Waals surface area contributed by atoms with Crippen molar-refractivity contribution in [2.45, 2.75) is 32.3 Å². The van der Waals surface area contributed by atoms with Gasteiger partial charge in [-0.2, -0.15) is 0 Å². The fraction of sp³-hybridized carbons (Fsp3) is 0.500. The van der Waals surface area contributed by atoms with Crippen LogP contribution in [0.3, 0.4) is 0 Å². The van der Waals surface area contributed by atoms with E-state index in [9.17, 15) is 9.59 Å². The molecule has 1 N–H and O–H groups in total. The van der Waals surface area contributed by atoms with Crippen molar-refractivity contribution in [3.63, 3.8) is 0 Å². The van der Waals surface area contributed by atoms with E-state index in [1.165, 1.54) is 0 Å². The first-order chi connectivity index (χ1) is 10.5. The monoisotopic (exact) mass is 324 g/mol. The number of nitrogens with one attached hydrogen (secondary N) is 1. The maximum atomic E-state index is 11.8. The van der Waals surface area contributed by atoms with Crippen molar-refractivity contribution in [3.05, 3.63) is 29.3 Å². The number of hydrogen-bond acceptors (Lipinski definition) is 3. The first kappa shape index (κ1) is 16.6. The molecule has 22 heavy (non-hydrogen) atoms. The minimum absolute atomic E-state index is 0.0637. The Morgan fingerprint density at radius 1 is 1.41 bits per heavy atom. The number of rotatable bonds is 7. The van der Waals surface area contributed by atoms with Gasteiger partial charge in [-0.1, -0.05) is 11.6 Å². The van der Waals surface area contributed by atoms with Crippen LogP contribution in [0, 0.1) is 0 Å². The van der Waals surface area contributed by atoms with Crippen molar-refractivity contribution in [1.29, 1.82) is 0 Å². The van der Waals surface area contributed by atoms with Crippen molar-refractivity contribution in [2.24, 2.45) is 0 Å². The molecule has 0 spiro atoms. The zero-order valence-electron chi connectivity index (χ0n) is 12.7. The Kier molecular flexibility index (Phi) is 6.07. The summed E-state index contributed by atoms with van der Waals surface area (Å²) in [6.07, 6.45) is 1.69. The van der Waals surface area contributed by atoms with E-state index >= 15 is 0 Å². The SMILES string of the molecule is C[C@H](CNC(=O)CCN1CCCC1=O)Oc1ccc(Cl)cc1. The van der Waals surface area contributed by atoms with Gasteiger partial charge in [0.15, 0.2) is 0 Å². The second kappa shape index (κ2) is 8.03. The normalized spacial score (nSPS) is 15.7. The Bertz CT molecular complexity index is 519. The van der Waals surface area contributed by atoms with E-state index < -0.39 is 0 Å². The van der Waals surface area contributed by atoms with Crippen LogP contribution in [0.5, 0.6) is 5.75 Å². The van der Waals surface area contributed by atoms with Gasteiger partial charge in [-0.25, -0.2) is 0 Å². The maximum Gasteiger partial charge on any atom is 0.222 e. The predicted molar refractivity (Wildman–Crippen MR) is 85.0 cm³/mol. The van der Waals surface area contributed by atoms with E-state index in [0.29, 0.717) is 36.7 Å². The Morgan fingerprint density at radius 3 is 2.77 bits per heavy atom. The molecule has 1 aromatic carbocycles. The molecule has 2 rings (SSSR count). The lowest BCUT2D eigenvalue weighted by Gasteiger charge is -2.17. The number of carbonyl (C=O) groups is 2. The molecule has 0 radical (unpaired) electrons. The van der Waals surface area contributed by atoms with E-state index in [0.717, 1.165) is 13.0 Å². The predicted octanol–water partition coefficient (Wildman–Crippen LogP) is 2.24. The number of nitrogens with zero attached hydrogens (tertiary/aromatic N) is 1. The van der Waals surface area contributed by atoms with Gasteiger partial charge in [-0.3, -0.25) is 9.59 Å². The fourth-order valence-corrected chi connectivity index (χ4v) is 2.44. The highest BCUT2D eigenvalue weighted by Crippen LogP contribution is 2.16. The van der Waals surface area contributed by atoms with Gasteiger partial charge in [-0.15, -0.1) is 0 Å². The lowest BCUT2D eigenvalue weighted by Crippen LogP contribution is -2.36. The van der Waals surface area contributed by atoms with Crippen LogP contribution in [0.15, 0.2) is 24.3 Å². The minimum Gasteiger partial charge on any atom is -0.489 e. The third-order valence-corrected chi connectivity index (χ3v) is 3.77. The Labute approximate surface area is 135 Å². The average molecular weight is 325 g/mol. The third-order valence-electron chi connectivity index (χ3n) is 3.52. The molecular formula is C16H21ClN2O3. The van der Waals surface area contributed by atoms with Crippen molar-refractivity contribution < 1.29 is 14.3 Å². The van der Waals surface area contributed by atoms with Gasteiger partial charge in [-0.05, 0) is 37.6 Å². The highest BCUT2D eigenvalue weighted by atomic mass is 35.5. The van der Waals surface area contributed by atoms with Crippen LogP contribution < -0.4 is 10.1 Å². The van der Waals surface area contributed by atoms with Crippen molar-refractivity contribution >= 4 is 23.4 Å². The highest BCUT2D eigenvalue weighted by Gasteiger charge is 2.20. The van der Waals surface area contributed by atoms with Crippen LogP contribution in [-0.2, 0) is 9.59 Å². The number of benzene rings is 1. The Morgan fingerprint density at radius 2 is 2.14 bits per heavy atom. The summed E-state index contributed by atoms with van der Waals surface area (Å²) in [5.41, 5.74) is 0. The summed E-state index contributed by atoms with van der Waals surface area (Å²) in [6.45, 7) is 3.58. The molecule has 1 heterocycles. The maximum absolute atomic E-state index is 11.8. The number of hydrogen-bond donors (Lipinski definition) is 1. The molecule has 1 aliphatic rings. The summed E-state index contributed by atoms with van der Waals surface area (Å²) in [6, 6.07) is 7.10. The van der Waals surface area contributed by atoms with Crippen molar-refractivity contribution in [2.75, 3.05) is 19.6 Å². The molecule has 5 nitrogen and oxygen atoms in total. The zero-order valence-corrected chi connectivity index (χ0v) is 13.4. The lowest BCUT2D eigenvalue weighted by atomic mass is 10.3. The number of likely N-dealkylation sites (tertiary alicyclic amines) is 1. The molecular weight excluding hydrogens is 304 g/mol. The molecule has 1 aliphatic heterocycles.